The number of carbonyl (C=O) groups is 1. The highest BCUT2D eigenvalue weighted by Crippen LogP contribution is 2.35. The Labute approximate surface area is 148 Å². The van der Waals surface area contributed by atoms with Crippen LogP contribution in [0.2, 0.25) is 5.02 Å². The van der Waals surface area contributed by atoms with Gasteiger partial charge in [0.2, 0.25) is 0 Å². The van der Waals surface area contributed by atoms with Gasteiger partial charge in [-0.3, -0.25) is 9.69 Å². The molecule has 0 aliphatic carbocycles. The molecule has 1 saturated heterocycles. The topological polar surface area (TPSA) is 59.0 Å². The van der Waals surface area contributed by atoms with Gasteiger partial charge in [0.25, 0.3) is 0 Å². The lowest BCUT2D eigenvalue weighted by molar-refractivity contribution is -0.137. The zero-order valence-corrected chi connectivity index (χ0v) is 15.1. The van der Waals surface area contributed by atoms with Crippen molar-refractivity contribution in [3.05, 3.63) is 22.7 Å². The quantitative estimate of drug-likeness (QED) is 0.764. The number of carboxylic acid groups (broad SMARTS) is 1. The molecule has 5 nitrogen and oxygen atoms in total. The Bertz CT molecular complexity index is 564. The summed E-state index contributed by atoms with van der Waals surface area (Å²) < 4.78 is 11.0. The minimum absolute atomic E-state index is 0.210. The number of nitrogens with zero attached hydrogens (tertiary/aromatic N) is 1. The van der Waals surface area contributed by atoms with Gasteiger partial charge in [0, 0.05) is 30.1 Å². The first-order chi connectivity index (χ1) is 11.5. The largest absolute Gasteiger partial charge is 0.493 e. The van der Waals surface area contributed by atoms with E-state index in [0.717, 1.165) is 31.4 Å². The van der Waals surface area contributed by atoms with Crippen molar-refractivity contribution in [2.75, 3.05) is 20.3 Å². The van der Waals surface area contributed by atoms with Crippen molar-refractivity contribution in [2.45, 2.75) is 51.6 Å². The number of hydrogen-bond acceptors (Lipinski definition) is 4. The molecule has 0 saturated carbocycles. The second kappa shape index (κ2) is 9.14. The maximum absolute atomic E-state index is 10.9. The summed E-state index contributed by atoms with van der Waals surface area (Å²) in [5, 5.41) is 9.60. The van der Waals surface area contributed by atoms with E-state index in [1.807, 2.05) is 13.0 Å². The highest BCUT2D eigenvalue weighted by atomic mass is 35.5. The first kappa shape index (κ1) is 18.9. The lowest BCUT2D eigenvalue weighted by atomic mass is 9.97. The number of piperidine rings is 1. The lowest BCUT2D eigenvalue weighted by Gasteiger charge is -2.36. The van der Waals surface area contributed by atoms with Crippen molar-refractivity contribution in [1.82, 2.24) is 4.90 Å². The molecule has 2 rings (SSSR count). The molecule has 134 valence electrons. The highest BCUT2D eigenvalue weighted by Gasteiger charge is 2.24. The Morgan fingerprint density at radius 2 is 2.17 bits per heavy atom. The molecule has 6 heteroatoms. The maximum Gasteiger partial charge on any atom is 0.303 e. The molecule has 0 spiro atoms. The molecular formula is C18H26ClNO4. The predicted octanol–water partition coefficient (Wildman–Crippen LogP) is 3.97. The van der Waals surface area contributed by atoms with Crippen LogP contribution < -0.4 is 9.47 Å². The summed E-state index contributed by atoms with van der Waals surface area (Å²) >= 11 is 6.42. The fourth-order valence-corrected chi connectivity index (χ4v) is 3.44. The van der Waals surface area contributed by atoms with E-state index in [9.17, 15) is 4.79 Å². The van der Waals surface area contributed by atoms with Gasteiger partial charge in [0.1, 0.15) is 0 Å². The Balaban J connectivity index is 2.14. The van der Waals surface area contributed by atoms with Gasteiger partial charge in [0.15, 0.2) is 11.5 Å². The molecule has 1 aromatic rings. The fourth-order valence-electron chi connectivity index (χ4n) is 3.23. The molecule has 24 heavy (non-hydrogen) atoms. The average molecular weight is 356 g/mol. The van der Waals surface area contributed by atoms with E-state index < -0.39 is 5.97 Å². The number of hydrogen-bond donors (Lipinski definition) is 1. The number of aliphatic carboxylic acids is 1. The van der Waals surface area contributed by atoms with E-state index in [-0.39, 0.29) is 6.42 Å². The summed E-state index contributed by atoms with van der Waals surface area (Å²) in [6.07, 6.45) is 4.22. The van der Waals surface area contributed by atoms with Crippen LogP contribution in [0.5, 0.6) is 11.5 Å². The number of halogens is 1. The third-order valence-electron chi connectivity index (χ3n) is 4.45. The Morgan fingerprint density at radius 3 is 2.83 bits per heavy atom. The number of ether oxygens (including phenoxy) is 2. The normalized spacial score (nSPS) is 18.4. The molecule has 0 bridgehead atoms. The van der Waals surface area contributed by atoms with Crippen LogP contribution >= 0.6 is 11.6 Å². The summed E-state index contributed by atoms with van der Waals surface area (Å²) in [4.78, 5) is 13.2. The van der Waals surface area contributed by atoms with Crippen LogP contribution in [-0.2, 0) is 11.3 Å². The van der Waals surface area contributed by atoms with Gasteiger partial charge < -0.3 is 14.6 Å². The lowest BCUT2D eigenvalue weighted by Crippen LogP contribution is -2.39. The highest BCUT2D eigenvalue weighted by molar-refractivity contribution is 6.31. The number of likely N-dealkylation sites (tertiary alicyclic amines) is 1. The Kier molecular flexibility index (Phi) is 7.18. The first-order valence-corrected chi connectivity index (χ1v) is 8.88. The molecule has 0 amide bonds. The molecule has 1 N–H and O–H groups in total. The summed E-state index contributed by atoms with van der Waals surface area (Å²) in [7, 11) is 1.60. The maximum atomic E-state index is 10.9. The van der Waals surface area contributed by atoms with Gasteiger partial charge >= 0.3 is 5.97 Å². The van der Waals surface area contributed by atoms with Gasteiger partial charge in [-0.15, -0.1) is 0 Å². The van der Waals surface area contributed by atoms with Crippen molar-refractivity contribution >= 4 is 17.6 Å². The second-order valence-electron chi connectivity index (χ2n) is 6.08. The van der Waals surface area contributed by atoms with Gasteiger partial charge in [-0.25, -0.2) is 0 Å². The van der Waals surface area contributed by atoms with E-state index >= 15 is 0 Å². The smallest absolute Gasteiger partial charge is 0.303 e. The molecule has 0 unspecified atom stereocenters. The van der Waals surface area contributed by atoms with Crippen LogP contribution in [0.3, 0.4) is 0 Å². The van der Waals surface area contributed by atoms with E-state index in [0.29, 0.717) is 42.1 Å². The monoisotopic (exact) mass is 355 g/mol. The summed E-state index contributed by atoms with van der Waals surface area (Å²) in [6, 6.07) is 4.02. The molecule has 1 atom stereocenters. The number of carboxylic acids is 1. The third-order valence-corrected chi connectivity index (χ3v) is 4.80. The molecule has 1 aromatic carbocycles. The second-order valence-corrected chi connectivity index (χ2v) is 6.49. The molecule has 0 aromatic heterocycles. The van der Waals surface area contributed by atoms with Gasteiger partial charge in [-0.2, -0.15) is 0 Å². The zero-order valence-electron chi connectivity index (χ0n) is 14.4. The first-order valence-electron chi connectivity index (χ1n) is 8.50. The van der Waals surface area contributed by atoms with Crippen molar-refractivity contribution in [3.8, 4) is 11.5 Å². The molecule has 0 radical (unpaired) electrons. The number of methoxy groups -OCH3 is 1. The van der Waals surface area contributed by atoms with E-state index in [1.165, 1.54) is 0 Å². The van der Waals surface area contributed by atoms with Crippen LogP contribution in [0.15, 0.2) is 12.1 Å². The van der Waals surface area contributed by atoms with Gasteiger partial charge in [-0.05, 0) is 44.4 Å². The van der Waals surface area contributed by atoms with Crippen molar-refractivity contribution in [1.29, 1.82) is 0 Å². The van der Waals surface area contributed by atoms with Crippen molar-refractivity contribution < 1.29 is 19.4 Å². The predicted molar refractivity (Wildman–Crippen MR) is 94.1 cm³/mol. The van der Waals surface area contributed by atoms with Gasteiger partial charge in [0.05, 0.1) is 13.7 Å². The van der Waals surface area contributed by atoms with Crippen LogP contribution in [0.25, 0.3) is 0 Å². The molecular weight excluding hydrogens is 330 g/mol. The van der Waals surface area contributed by atoms with Gasteiger partial charge in [-0.1, -0.05) is 18.0 Å². The number of rotatable bonds is 8. The zero-order chi connectivity index (χ0) is 17.5. The van der Waals surface area contributed by atoms with Crippen LogP contribution in [0.1, 0.15) is 44.6 Å². The Morgan fingerprint density at radius 1 is 1.38 bits per heavy atom. The van der Waals surface area contributed by atoms with Crippen LogP contribution in [-0.4, -0.2) is 42.3 Å². The van der Waals surface area contributed by atoms with E-state index in [4.69, 9.17) is 26.2 Å². The third kappa shape index (κ3) is 5.02. The van der Waals surface area contributed by atoms with E-state index in [1.54, 1.807) is 13.2 Å². The summed E-state index contributed by atoms with van der Waals surface area (Å²) in [6.45, 7) is 4.16. The average Bonchev–Trinajstić information content (AvgIpc) is 2.56. The minimum atomic E-state index is -0.735. The standard InChI is InChI=1S/C18H26ClNO4/c1-3-24-17-10-13(15(19)11-16(17)23-2)12-20-9-5-4-6-14(20)7-8-18(21)22/h10-11,14H,3-9,12H2,1-2H3,(H,21,22)/t14-/m1/s1. The minimum Gasteiger partial charge on any atom is -0.493 e. The van der Waals surface area contributed by atoms with E-state index in [2.05, 4.69) is 4.90 Å². The Hall–Kier alpha value is -1.46. The van der Waals surface area contributed by atoms with Crippen molar-refractivity contribution in [2.24, 2.45) is 0 Å². The molecule has 1 fully saturated rings. The number of benzene rings is 1. The molecule has 1 aliphatic heterocycles. The molecule has 1 aliphatic rings. The summed E-state index contributed by atoms with van der Waals surface area (Å²) in [5.74, 6) is 0.590. The van der Waals surface area contributed by atoms with Crippen molar-refractivity contribution in [3.63, 3.8) is 0 Å². The van der Waals surface area contributed by atoms with Crippen LogP contribution in [0, 0.1) is 0 Å². The summed E-state index contributed by atoms with van der Waals surface area (Å²) in [5.41, 5.74) is 0.989. The fraction of sp³-hybridized carbons (Fsp3) is 0.611. The van der Waals surface area contributed by atoms with Crippen LogP contribution in [0.4, 0.5) is 0 Å². The SMILES string of the molecule is CCOc1cc(CN2CCCC[C@@H]2CCC(=O)O)c(Cl)cc1OC. The molecule has 1 heterocycles.